The number of halogens is 2. The Morgan fingerprint density at radius 2 is 1.23 bits per heavy atom. The molecule has 3 rings (SSSR count). The van der Waals surface area contributed by atoms with Crippen LogP contribution in [0.5, 0.6) is 0 Å². The molecule has 0 aromatic heterocycles. The molecular weight excluding hydrogens is 286 g/mol. The summed E-state index contributed by atoms with van der Waals surface area (Å²) in [7, 11) is 3.60. The molecule has 2 aliphatic rings. The molecule has 0 spiro atoms. The molecule has 1 aromatic carbocycles. The first-order valence-electron chi connectivity index (χ1n) is 7.33. The van der Waals surface area contributed by atoms with E-state index in [4.69, 9.17) is 0 Å². The lowest BCUT2D eigenvalue weighted by Crippen LogP contribution is -2.55. The molecule has 0 radical (unpaired) electrons. The second-order valence-corrected chi connectivity index (χ2v) is 5.94. The van der Waals surface area contributed by atoms with Gasteiger partial charge in [0.15, 0.2) is 11.6 Å². The minimum absolute atomic E-state index is 0.148. The summed E-state index contributed by atoms with van der Waals surface area (Å²) in [5, 5.41) is 18.6. The Morgan fingerprint density at radius 1 is 0.864 bits per heavy atom. The van der Waals surface area contributed by atoms with Crippen LogP contribution in [0.15, 0.2) is 0 Å². The van der Waals surface area contributed by atoms with Gasteiger partial charge in [-0.25, -0.2) is 8.78 Å². The highest BCUT2D eigenvalue weighted by atomic mass is 19.2. The standard InChI is InChI=1S/C16H16F2N4/c1-21-11-5-3-4-6-12(11)22(2)16-10(8-20)14(18)13(17)9(7-19)15(16)21/h11-12H,3-6H2,1-2H3. The van der Waals surface area contributed by atoms with Gasteiger partial charge in [-0.2, -0.15) is 10.5 Å². The molecule has 0 amide bonds. The van der Waals surface area contributed by atoms with Gasteiger partial charge < -0.3 is 9.80 Å². The van der Waals surface area contributed by atoms with E-state index < -0.39 is 11.6 Å². The van der Waals surface area contributed by atoms with E-state index in [0.29, 0.717) is 11.4 Å². The van der Waals surface area contributed by atoms with Gasteiger partial charge in [-0.1, -0.05) is 12.8 Å². The maximum absolute atomic E-state index is 14.2. The lowest BCUT2D eigenvalue weighted by atomic mass is 9.84. The molecule has 1 heterocycles. The molecule has 6 heteroatoms. The highest BCUT2D eigenvalue weighted by Crippen LogP contribution is 2.46. The minimum atomic E-state index is -1.23. The highest BCUT2D eigenvalue weighted by Gasteiger charge is 2.42. The van der Waals surface area contributed by atoms with E-state index in [-0.39, 0.29) is 23.2 Å². The summed E-state index contributed by atoms with van der Waals surface area (Å²) < 4.78 is 28.3. The SMILES string of the molecule is CN1c2c(C#N)c(F)c(F)c(C#N)c2N(C)C2CCCCC21. The van der Waals surface area contributed by atoms with Crippen LogP contribution in [0, 0.1) is 34.3 Å². The monoisotopic (exact) mass is 302 g/mol. The maximum Gasteiger partial charge on any atom is 0.180 e. The van der Waals surface area contributed by atoms with Gasteiger partial charge in [0.25, 0.3) is 0 Å². The summed E-state index contributed by atoms with van der Waals surface area (Å²) in [6.45, 7) is 0. The lowest BCUT2D eigenvalue weighted by Gasteiger charge is -2.50. The zero-order valence-electron chi connectivity index (χ0n) is 12.5. The Labute approximate surface area is 128 Å². The predicted molar refractivity (Wildman–Crippen MR) is 78.6 cm³/mol. The van der Waals surface area contributed by atoms with Crippen molar-refractivity contribution in [1.29, 1.82) is 10.5 Å². The molecule has 4 nitrogen and oxygen atoms in total. The van der Waals surface area contributed by atoms with Crippen LogP contribution in [0.3, 0.4) is 0 Å². The van der Waals surface area contributed by atoms with Crippen molar-refractivity contribution in [2.75, 3.05) is 23.9 Å². The number of nitriles is 2. The van der Waals surface area contributed by atoms with Gasteiger partial charge in [-0.15, -0.1) is 0 Å². The number of likely N-dealkylation sites (N-methyl/N-ethyl adjacent to an activating group) is 2. The van der Waals surface area contributed by atoms with E-state index in [9.17, 15) is 19.3 Å². The molecule has 1 fully saturated rings. The molecule has 1 aliphatic carbocycles. The molecule has 22 heavy (non-hydrogen) atoms. The fourth-order valence-corrected chi connectivity index (χ4v) is 3.88. The van der Waals surface area contributed by atoms with E-state index in [1.807, 2.05) is 9.80 Å². The number of hydrogen-bond donors (Lipinski definition) is 0. The summed E-state index contributed by atoms with van der Waals surface area (Å²) >= 11 is 0. The van der Waals surface area contributed by atoms with Crippen molar-refractivity contribution in [2.24, 2.45) is 0 Å². The zero-order chi connectivity index (χ0) is 16.0. The average Bonchev–Trinajstić information content (AvgIpc) is 2.54. The van der Waals surface area contributed by atoms with E-state index in [1.54, 1.807) is 26.2 Å². The Kier molecular flexibility index (Phi) is 3.41. The zero-order valence-corrected chi connectivity index (χ0v) is 12.5. The third-order valence-corrected chi connectivity index (χ3v) is 4.95. The van der Waals surface area contributed by atoms with E-state index in [1.165, 1.54) is 0 Å². The number of anilines is 2. The van der Waals surface area contributed by atoms with Crippen molar-refractivity contribution in [3.8, 4) is 12.1 Å². The topological polar surface area (TPSA) is 54.1 Å². The summed E-state index contributed by atoms with van der Waals surface area (Å²) in [5.41, 5.74) is 0.0435. The van der Waals surface area contributed by atoms with Gasteiger partial charge in [-0.05, 0) is 12.8 Å². The van der Waals surface area contributed by atoms with Gasteiger partial charge in [0.1, 0.15) is 23.3 Å². The van der Waals surface area contributed by atoms with Crippen LogP contribution in [0.2, 0.25) is 0 Å². The summed E-state index contributed by atoms with van der Waals surface area (Å²) in [6, 6.07) is 3.83. The first-order chi connectivity index (χ1) is 10.5. The first-order valence-corrected chi connectivity index (χ1v) is 7.33. The van der Waals surface area contributed by atoms with Crippen LogP contribution >= 0.6 is 0 Å². The second kappa shape index (κ2) is 5.14. The third kappa shape index (κ3) is 1.77. The van der Waals surface area contributed by atoms with E-state index >= 15 is 0 Å². The minimum Gasteiger partial charge on any atom is -0.367 e. The van der Waals surface area contributed by atoms with Gasteiger partial charge in [0, 0.05) is 26.2 Å². The summed E-state index contributed by atoms with van der Waals surface area (Å²) in [5.74, 6) is -2.46. The quantitative estimate of drug-likeness (QED) is 0.739. The number of fused-ring (bicyclic) bond motifs is 2. The fraction of sp³-hybridized carbons (Fsp3) is 0.500. The van der Waals surface area contributed by atoms with Crippen LogP contribution in [-0.2, 0) is 0 Å². The Hall–Kier alpha value is -2.34. The largest absolute Gasteiger partial charge is 0.367 e. The highest BCUT2D eigenvalue weighted by molar-refractivity contribution is 5.85. The number of rotatable bonds is 0. The molecule has 0 saturated heterocycles. The molecule has 114 valence electrons. The first kappa shape index (κ1) is 14.6. The lowest BCUT2D eigenvalue weighted by molar-refractivity contribution is 0.352. The summed E-state index contributed by atoms with van der Waals surface area (Å²) in [6.07, 6.45) is 4.03. The number of hydrogen-bond acceptors (Lipinski definition) is 4. The van der Waals surface area contributed by atoms with Crippen molar-refractivity contribution in [2.45, 2.75) is 37.8 Å². The molecule has 0 bridgehead atoms. The average molecular weight is 302 g/mol. The van der Waals surface area contributed by atoms with Crippen molar-refractivity contribution in [3.05, 3.63) is 22.8 Å². The van der Waals surface area contributed by atoms with Crippen LogP contribution in [0.25, 0.3) is 0 Å². The Morgan fingerprint density at radius 3 is 1.55 bits per heavy atom. The van der Waals surface area contributed by atoms with Crippen molar-refractivity contribution < 1.29 is 8.78 Å². The number of benzene rings is 1. The van der Waals surface area contributed by atoms with Gasteiger partial charge in [0.2, 0.25) is 0 Å². The molecule has 1 saturated carbocycles. The van der Waals surface area contributed by atoms with Gasteiger partial charge in [-0.3, -0.25) is 0 Å². The molecule has 0 N–H and O–H groups in total. The van der Waals surface area contributed by atoms with Crippen LogP contribution in [0.4, 0.5) is 20.2 Å². The molecule has 1 aliphatic heterocycles. The normalized spacial score (nSPS) is 23.4. The van der Waals surface area contributed by atoms with Crippen molar-refractivity contribution in [3.63, 3.8) is 0 Å². The molecule has 2 unspecified atom stereocenters. The van der Waals surface area contributed by atoms with Crippen molar-refractivity contribution in [1.82, 2.24) is 0 Å². The fourth-order valence-electron chi connectivity index (χ4n) is 3.88. The third-order valence-electron chi connectivity index (χ3n) is 4.95. The molecule has 2 atom stereocenters. The van der Waals surface area contributed by atoms with Gasteiger partial charge in [0.05, 0.1) is 11.4 Å². The van der Waals surface area contributed by atoms with Crippen LogP contribution in [0.1, 0.15) is 36.8 Å². The van der Waals surface area contributed by atoms with E-state index in [2.05, 4.69) is 0 Å². The van der Waals surface area contributed by atoms with Crippen molar-refractivity contribution >= 4 is 11.4 Å². The van der Waals surface area contributed by atoms with E-state index in [0.717, 1.165) is 25.7 Å². The molecule has 1 aromatic rings. The number of nitrogens with zero attached hydrogens (tertiary/aromatic N) is 4. The van der Waals surface area contributed by atoms with Gasteiger partial charge >= 0.3 is 0 Å². The van der Waals surface area contributed by atoms with Crippen LogP contribution in [-0.4, -0.2) is 26.2 Å². The maximum atomic E-state index is 14.2. The smallest absolute Gasteiger partial charge is 0.180 e. The predicted octanol–water partition coefficient (Wildman–Crippen LogP) is 2.91. The van der Waals surface area contributed by atoms with Crippen LogP contribution < -0.4 is 9.80 Å². The summed E-state index contributed by atoms with van der Waals surface area (Å²) in [4.78, 5) is 3.72. The second-order valence-electron chi connectivity index (χ2n) is 5.94. The molecular formula is C16H16F2N4. The Balaban J connectivity index is 2.34. The Bertz CT molecular complexity index is 656.